The summed E-state index contributed by atoms with van der Waals surface area (Å²) in [4.78, 5) is 50.9. The van der Waals surface area contributed by atoms with Crippen LogP contribution in [-0.2, 0) is 33.8 Å². The Balaban J connectivity index is 0.00000271. The number of nitrogens with zero attached hydrogens (tertiary/aromatic N) is 1. The molecule has 0 unspecified atom stereocenters. The van der Waals surface area contributed by atoms with Crippen LogP contribution in [0.3, 0.4) is 0 Å². The number of carbonyl (C=O) groups excluding carboxylic acids is 3. The largest absolute Gasteiger partial charge is 0.481 e. The number of carboxylic acids is 1. The maximum atomic E-state index is 13.0. The summed E-state index contributed by atoms with van der Waals surface area (Å²) in [6.45, 7) is 6.21. The van der Waals surface area contributed by atoms with E-state index < -0.39 is 5.97 Å². The molecule has 0 aliphatic rings. The zero-order chi connectivity index (χ0) is 32.6. The zero-order valence-corrected chi connectivity index (χ0v) is 25.9. The highest BCUT2D eigenvalue weighted by atomic mass is 16.4. The van der Waals surface area contributed by atoms with Crippen LogP contribution in [0, 0.1) is 6.92 Å². The first kappa shape index (κ1) is 34.1. The number of amides is 4. The van der Waals surface area contributed by atoms with Crippen LogP contribution in [0.2, 0.25) is 0 Å². The van der Waals surface area contributed by atoms with Gasteiger partial charge in [0, 0.05) is 30.2 Å². The van der Waals surface area contributed by atoms with Gasteiger partial charge in [0.15, 0.2) is 0 Å². The molecule has 45 heavy (non-hydrogen) atoms. The van der Waals surface area contributed by atoms with E-state index >= 15 is 0 Å². The van der Waals surface area contributed by atoms with Crippen LogP contribution < -0.4 is 16.0 Å². The highest BCUT2D eigenvalue weighted by Gasteiger charge is 2.16. The first-order chi connectivity index (χ1) is 21.7. The predicted octanol–water partition coefficient (Wildman–Crippen LogP) is 6.89. The van der Waals surface area contributed by atoms with Gasteiger partial charge in [0.05, 0.1) is 19.3 Å². The maximum absolute atomic E-state index is 13.0. The number of para-hydroxylation sites is 1. The molecule has 0 atom stereocenters. The molecule has 4 amide bonds. The van der Waals surface area contributed by atoms with E-state index in [9.17, 15) is 24.3 Å². The van der Waals surface area contributed by atoms with Gasteiger partial charge in [0.1, 0.15) is 0 Å². The van der Waals surface area contributed by atoms with Gasteiger partial charge in [-0.3, -0.25) is 14.4 Å². The van der Waals surface area contributed by atoms with Crippen molar-refractivity contribution in [1.29, 1.82) is 0 Å². The van der Waals surface area contributed by atoms with Crippen LogP contribution in [0.25, 0.3) is 0 Å². The molecule has 0 aliphatic heterocycles. The second-order valence-corrected chi connectivity index (χ2v) is 10.1. The number of aliphatic carboxylic acids is 1. The van der Waals surface area contributed by atoms with E-state index in [0.717, 1.165) is 27.9 Å². The molecule has 0 aliphatic carbocycles. The third-order valence-corrected chi connectivity index (χ3v) is 6.70. The van der Waals surface area contributed by atoms with Crippen molar-refractivity contribution in [2.24, 2.45) is 0 Å². The van der Waals surface area contributed by atoms with Crippen LogP contribution in [0.1, 0.15) is 42.5 Å². The van der Waals surface area contributed by atoms with Crippen molar-refractivity contribution in [3.63, 3.8) is 0 Å². The summed E-state index contributed by atoms with van der Waals surface area (Å²) in [6, 6.07) is 30.6. The molecule has 4 N–H and O–H groups in total. The summed E-state index contributed by atoms with van der Waals surface area (Å²) < 4.78 is 0. The molecule has 9 nitrogen and oxygen atoms in total. The van der Waals surface area contributed by atoms with Gasteiger partial charge in [0.2, 0.25) is 11.8 Å². The highest BCUT2D eigenvalue weighted by molar-refractivity contribution is 6.00. The number of rotatable bonds is 12. The lowest BCUT2D eigenvalue weighted by atomic mass is 10.1. The molecular formula is C36H40N4O5. The minimum atomic E-state index is -0.979. The molecular weight excluding hydrogens is 568 g/mol. The lowest BCUT2D eigenvalue weighted by molar-refractivity contribution is -0.138. The summed E-state index contributed by atoms with van der Waals surface area (Å²) in [5.41, 5.74) is 5.23. The minimum Gasteiger partial charge on any atom is -0.481 e. The fourth-order valence-corrected chi connectivity index (χ4v) is 4.47. The number of carboxylic acid groups (broad SMARTS) is 1. The number of nitrogens with one attached hydrogen (secondary N) is 3. The molecule has 0 radical (unpaired) electrons. The van der Waals surface area contributed by atoms with Gasteiger partial charge >= 0.3 is 12.0 Å². The summed E-state index contributed by atoms with van der Waals surface area (Å²) in [5.74, 6) is -1.38. The monoisotopic (exact) mass is 608 g/mol. The van der Waals surface area contributed by atoms with Crippen LogP contribution in [0.15, 0.2) is 103 Å². The number of hydrogen-bond acceptors (Lipinski definition) is 4. The Bertz CT molecular complexity index is 1570. The van der Waals surface area contributed by atoms with Crippen molar-refractivity contribution in [1.82, 2.24) is 4.90 Å². The smallest absolute Gasteiger partial charge is 0.323 e. The van der Waals surface area contributed by atoms with Gasteiger partial charge in [0.25, 0.3) is 0 Å². The van der Waals surface area contributed by atoms with Crippen LogP contribution >= 0.6 is 0 Å². The van der Waals surface area contributed by atoms with Gasteiger partial charge < -0.3 is 26.0 Å². The first-order valence-electron chi connectivity index (χ1n) is 14.9. The molecule has 0 heterocycles. The molecule has 4 aromatic carbocycles. The lowest BCUT2D eigenvalue weighted by Gasteiger charge is -2.23. The fraction of sp³-hybridized carbons (Fsp3) is 0.222. The average Bonchev–Trinajstić information content (AvgIpc) is 3.03. The van der Waals surface area contributed by atoms with Gasteiger partial charge in [-0.25, -0.2) is 4.79 Å². The molecule has 0 spiro atoms. The number of anilines is 3. The Morgan fingerprint density at radius 3 is 2.00 bits per heavy atom. The van der Waals surface area contributed by atoms with Crippen LogP contribution in [0.5, 0.6) is 0 Å². The number of aryl methyl sites for hydroxylation is 1. The molecule has 4 aromatic rings. The highest BCUT2D eigenvalue weighted by Crippen LogP contribution is 2.17. The maximum Gasteiger partial charge on any atom is 0.323 e. The summed E-state index contributed by atoms with van der Waals surface area (Å²) in [5, 5.41) is 17.7. The SMILES string of the molecule is CC.Cc1ccccc1NC(=O)Nc1ccc(CC(=O)Nc2cccc(CN(CCC(=O)O)C(=O)Cc3ccccc3)c2)cc1. The quantitative estimate of drug-likeness (QED) is 0.139. The molecule has 234 valence electrons. The Labute approximate surface area is 264 Å². The minimum absolute atomic E-state index is 0.0794. The summed E-state index contributed by atoms with van der Waals surface area (Å²) in [6.07, 6.45) is 0.130. The van der Waals surface area contributed by atoms with E-state index in [0.29, 0.717) is 11.4 Å². The van der Waals surface area contributed by atoms with Crippen LogP contribution in [-0.4, -0.2) is 40.4 Å². The average molecular weight is 609 g/mol. The van der Waals surface area contributed by atoms with Crippen molar-refractivity contribution in [3.8, 4) is 0 Å². The van der Waals surface area contributed by atoms with Crippen molar-refractivity contribution in [2.45, 2.75) is 46.6 Å². The first-order valence-corrected chi connectivity index (χ1v) is 14.9. The molecule has 0 bridgehead atoms. The molecule has 0 saturated heterocycles. The zero-order valence-electron chi connectivity index (χ0n) is 25.9. The molecule has 9 heteroatoms. The summed E-state index contributed by atoms with van der Waals surface area (Å²) >= 11 is 0. The van der Waals surface area contributed by atoms with Crippen molar-refractivity contribution < 1.29 is 24.3 Å². The van der Waals surface area contributed by atoms with E-state index in [4.69, 9.17) is 0 Å². The topological polar surface area (TPSA) is 128 Å². The van der Waals surface area contributed by atoms with Crippen LogP contribution in [0.4, 0.5) is 21.9 Å². The lowest BCUT2D eigenvalue weighted by Crippen LogP contribution is -2.33. The second-order valence-electron chi connectivity index (χ2n) is 10.1. The Morgan fingerprint density at radius 2 is 1.31 bits per heavy atom. The molecule has 0 fully saturated rings. The van der Waals surface area contributed by atoms with E-state index in [-0.39, 0.29) is 50.2 Å². The van der Waals surface area contributed by atoms with Crippen molar-refractivity contribution in [2.75, 3.05) is 22.5 Å². The van der Waals surface area contributed by atoms with E-state index in [1.807, 2.05) is 81.4 Å². The normalized spacial score (nSPS) is 10.1. The van der Waals surface area contributed by atoms with Gasteiger partial charge in [-0.1, -0.05) is 86.6 Å². The van der Waals surface area contributed by atoms with Gasteiger partial charge in [-0.15, -0.1) is 0 Å². The predicted molar refractivity (Wildman–Crippen MR) is 178 cm³/mol. The standard InChI is InChI=1S/C34H34N4O5.C2H6/c1-24-8-5-6-13-30(24)37-34(43)36-28-16-14-26(15-17-28)21-31(39)35-29-12-7-11-27(20-29)23-38(19-18-33(41)42)32(40)22-25-9-3-2-4-10-25;1-2/h2-17,20H,18-19,21-23H2,1H3,(H,35,39)(H,41,42)(H2,36,37,43);1-2H3. The second kappa shape index (κ2) is 17.6. The third kappa shape index (κ3) is 11.6. The molecule has 0 saturated carbocycles. The number of hydrogen-bond donors (Lipinski definition) is 4. The Hall–Kier alpha value is -5.44. The molecule has 0 aromatic heterocycles. The fourth-order valence-electron chi connectivity index (χ4n) is 4.47. The molecule has 4 rings (SSSR count). The number of benzene rings is 4. The Kier molecular flexibility index (Phi) is 13.3. The van der Waals surface area contributed by atoms with E-state index in [1.165, 1.54) is 4.90 Å². The van der Waals surface area contributed by atoms with Gasteiger partial charge in [-0.2, -0.15) is 0 Å². The third-order valence-electron chi connectivity index (χ3n) is 6.70. The van der Waals surface area contributed by atoms with Crippen molar-refractivity contribution >= 4 is 40.9 Å². The van der Waals surface area contributed by atoms with Crippen molar-refractivity contribution in [3.05, 3.63) is 125 Å². The van der Waals surface area contributed by atoms with E-state index in [1.54, 1.807) is 42.5 Å². The van der Waals surface area contributed by atoms with Gasteiger partial charge in [-0.05, 0) is 59.5 Å². The van der Waals surface area contributed by atoms with E-state index in [2.05, 4.69) is 16.0 Å². The number of urea groups is 1. The summed E-state index contributed by atoms with van der Waals surface area (Å²) in [7, 11) is 0. The Morgan fingerprint density at radius 1 is 0.667 bits per heavy atom. The number of carbonyl (C=O) groups is 4.